The van der Waals surface area contributed by atoms with Gasteiger partial charge in [-0.1, -0.05) is 23.7 Å². The lowest BCUT2D eigenvalue weighted by Crippen LogP contribution is -2.28. The number of amides is 2. The number of nitrogens with two attached hydrogens (primary N) is 1. The maximum absolute atomic E-state index is 12.5. The highest BCUT2D eigenvalue weighted by Gasteiger charge is 2.19. The van der Waals surface area contributed by atoms with Crippen LogP contribution in [-0.2, 0) is 17.8 Å². The molecule has 0 saturated carbocycles. The van der Waals surface area contributed by atoms with Gasteiger partial charge in [0.15, 0.2) is 11.5 Å². The second-order valence-corrected chi connectivity index (χ2v) is 6.50. The molecule has 0 fully saturated rings. The van der Waals surface area contributed by atoms with E-state index in [0.717, 1.165) is 11.1 Å². The van der Waals surface area contributed by atoms with Crippen LogP contribution >= 0.6 is 11.6 Å². The number of nitrogens with zero attached hydrogens (tertiary/aromatic N) is 1. The van der Waals surface area contributed by atoms with E-state index in [9.17, 15) is 9.59 Å². The summed E-state index contributed by atoms with van der Waals surface area (Å²) in [6, 6.07) is 10.4. The number of primary amides is 1. The average Bonchev–Trinajstić information content (AvgIpc) is 2.62. The van der Waals surface area contributed by atoms with Crippen LogP contribution in [0.2, 0.25) is 5.02 Å². The Bertz CT molecular complexity index is 853. The largest absolute Gasteiger partial charge is 0.486 e. The fourth-order valence-corrected chi connectivity index (χ4v) is 3.05. The highest BCUT2D eigenvalue weighted by atomic mass is 35.5. The Hall–Kier alpha value is -2.73. The minimum atomic E-state index is -0.494. The van der Waals surface area contributed by atoms with Gasteiger partial charge in [-0.2, -0.15) is 0 Å². The molecule has 0 aliphatic carbocycles. The van der Waals surface area contributed by atoms with Gasteiger partial charge in [-0.05, 0) is 35.4 Å². The fraction of sp³-hybridized carbons (Fsp3) is 0.263. The lowest BCUT2D eigenvalue weighted by atomic mass is 10.1. The molecule has 0 saturated heterocycles. The van der Waals surface area contributed by atoms with Gasteiger partial charge in [-0.3, -0.25) is 9.59 Å². The van der Waals surface area contributed by atoms with Gasteiger partial charge >= 0.3 is 0 Å². The number of benzene rings is 2. The Morgan fingerprint density at radius 3 is 2.69 bits per heavy atom. The molecule has 26 heavy (non-hydrogen) atoms. The predicted molar refractivity (Wildman–Crippen MR) is 97.6 cm³/mol. The minimum Gasteiger partial charge on any atom is -0.486 e. The second kappa shape index (κ2) is 7.66. The minimum absolute atomic E-state index is 0.0813. The molecule has 2 amide bonds. The zero-order valence-electron chi connectivity index (χ0n) is 14.3. The summed E-state index contributed by atoms with van der Waals surface area (Å²) >= 11 is 6.21. The summed E-state index contributed by atoms with van der Waals surface area (Å²) in [5, 5.41) is 0.432. The third-order valence-corrected chi connectivity index (χ3v) is 4.35. The quantitative estimate of drug-likeness (QED) is 0.871. The number of fused-ring (bicyclic) bond motifs is 1. The number of carbonyl (C=O) groups excluding carboxylic acids is 2. The molecule has 0 spiro atoms. The van der Waals surface area contributed by atoms with Crippen LogP contribution in [0.4, 0.5) is 0 Å². The molecule has 6 nitrogen and oxygen atoms in total. The van der Waals surface area contributed by atoms with Crippen LogP contribution in [0.5, 0.6) is 11.5 Å². The molecule has 136 valence electrons. The predicted octanol–water partition coefficient (Wildman–Crippen LogP) is 2.41. The van der Waals surface area contributed by atoms with Gasteiger partial charge in [0.05, 0.1) is 11.4 Å². The van der Waals surface area contributed by atoms with Crippen LogP contribution in [0, 0.1) is 0 Å². The molecule has 3 rings (SSSR count). The zero-order valence-corrected chi connectivity index (χ0v) is 15.1. The van der Waals surface area contributed by atoms with E-state index >= 15 is 0 Å². The summed E-state index contributed by atoms with van der Waals surface area (Å²) in [7, 11) is 1.71. The van der Waals surface area contributed by atoms with Crippen LogP contribution in [0.15, 0.2) is 36.4 Å². The number of likely N-dealkylation sites (N-methyl/N-ethyl adjacent to an activating group) is 1. The Balaban J connectivity index is 1.69. The van der Waals surface area contributed by atoms with E-state index in [-0.39, 0.29) is 12.3 Å². The SMILES string of the molecule is CN(Cc1cccc(C(N)=O)c1)C(=O)Cc1cc(Cl)c2c(c1)OCCO2. The number of rotatable bonds is 5. The van der Waals surface area contributed by atoms with Crippen molar-refractivity contribution in [3.8, 4) is 11.5 Å². The lowest BCUT2D eigenvalue weighted by Gasteiger charge is -2.21. The Labute approximate surface area is 156 Å². The van der Waals surface area contributed by atoms with Crippen LogP contribution in [0.3, 0.4) is 0 Å². The number of halogens is 1. The fourth-order valence-electron chi connectivity index (χ4n) is 2.76. The van der Waals surface area contributed by atoms with Crippen molar-refractivity contribution >= 4 is 23.4 Å². The van der Waals surface area contributed by atoms with Crippen LogP contribution in [0.25, 0.3) is 0 Å². The number of hydrogen-bond donors (Lipinski definition) is 1. The van der Waals surface area contributed by atoms with E-state index in [4.69, 9.17) is 26.8 Å². The average molecular weight is 375 g/mol. The summed E-state index contributed by atoms with van der Waals surface area (Å²) < 4.78 is 11.0. The summed E-state index contributed by atoms with van der Waals surface area (Å²) in [5.74, 6) is 0.503. The first kappa shape index (κ1) is 18.1. The Kier molecular flexibility index (Phi) is 5.32. The maximum atomic E-state index is 12.5. The van der Waals surface area contributed by atoms with Gasteiger partial charge < -0.3 is 20.1 Å². The first-order valence-electron chi connectivity index (χ1n) is 8.15. The first-order valence-corrected chi connectivity index (χ1v) is 8.52. The van der Waals surface area contributed by atoms with E-state index in [1.165, 1.54) is 0 Å². The zero-order chi connectivity index (χ0) is 18.7. The molecule has 1 heterocycles. The molecule has 0 unspecified atom stereocenters. The van der Waals surface area contributed by atoms with Crippen LogP contribution in [-0.4, -0.2) is 37.0 Å². The highest BCUT2D eigenvalue weighted by Crippen LogP contribution is 2.38. The standard InChI is InChI=1S/C19H19ClN2O4/c1-22(11-12-3-2-4-14(7-12)19(21)24)17(23)10-13-8-15(20)18-16(9-13)25-5-6-26-18/h2-4,7-9H,5-6,10-11H2,1H3,(H2,21,24). The molecule has 0 aromatic heterocycles. The molecule has 2 N–H and O–H groups in total. The number of hydrogen-bond acceptors (Lipinski definition) is 4. The molecule has 2 aromatic rings. The van der Waals surface area contributed by atoms with E-state index in [1.54, 1.807) is 42.3 Å². The normalized spacial score (nSPS) is 12.5. The van der Waals surface area contributed by atoms with Crippen molar-refractivity contribution < 1.29 is 19.1 Å². The molecule has 2 aromatic carbocycles. The van der Waals surface area contributed by atoms with Crippen molar-refractivity contribution in [1.82, 2.24) is 4.90 Å². The molecule has 7 heteroatoms. The third-order valence-electron chi connectivity index (χ3n) is 4.07. The van der Waals surface area contributed by atoms with E-state index in [0.29, 0.717) is 41.8 Å². The summed E-state index contributed by atoms with van der Waals surface area (Å²) in [6.07, 6.45) is 0.183. The van der Waals surface area contributed by atoms with Gasteiger partial charge in [0.1, 0.15) is 13.2 Å². The summed E-state index contributed by atoms with van der Waals surface area (Å²) in [6.45, 7) is 1.28. The van der Waals surface area contributed by atoms with Gasteiger partial charge in [0, 0.05) is 19.2 Å². The molecule has 0 bridgehead atoms. The van der Waals surface area contributed by atoms with Gasteiger partial charge in [-0.25, -0.2) is 0 Å². The lowest BCUT2D eigenvalue weighted by molar-refractivity contribution is -0.129. The first-order chi connectivity index (χ1) is 12.4. The van der Waals surface area contributed by atoms with Crippen molar-refractivity contribution in [2.75, 3.05) is 20.3 Å². The molecular formula is C19H19ClN2O4. The van der Waals surface area contributed by atoms with Crippen molar-refractivity contribution in [1.29, 1.82) is 0 Å². The molecule has 0 radical (unpaired) electrons. The topological polar surface area (TPSA) is 81.9 Å². The molecular weight excluding hydrogens is 356 g/mol. The Morgan fingerprint density at radius 2 is 1.92 bits per heavy atom. The monoisotopic (exact) mass is 374 g/mol. The third kappa shape index (κ3) is 4.08. The van der Waals surface area contributed by atoms with E-state index < -0.39 is 5.91 Å². The molecule has 1 aliphatic heterocycles. The van der Waals surface area contributed by atoms with E-state index in [1.807, 2.05) is 6.07 Å². The summed E-state index contributed by atoms with van der Waals surface area (Å²) in [4.78, 5) is 25.4. The Morgan fingerprint density at radius 1 is 1.15 bits per heavy atom. The van der Waals surface area contributed by atoms with Crippen molar-refractivity contribution in [2.24, 2.45) is 5.73 Å². The van der Waals surface area contributed by atoms with Crippen LogP contribution < -0.4 is 15.2 Å². The van der Waals surface area contributed by atoms with Crippen molar-refractivity contribution in [2.45, 2.75) is 13.0 Å². The van der Waals surface area contributed by atoms with Crippen molar-refractivity contribution in [3.63, 3.8) is 0 Å². The van der Waals surface area contributed by atoms with Crippen LogP contribution in [0.1, 0.15) is 21.5 Å². The van der Waals surface area contributed by atoms with Gasteiger partial charge in [-0.15, -0.1) is 0 Å². The van der Waals surface area contributed by atoms with Gasteiger partial charge in [0.25, 0.3) is 0 Å². The van der Waals surface area contributed by atoms with E-state index in [2.05, 4.69) is 0 Å². The molecule has 1 aliphatic rings. The number of carbonyl (C=O) groups is 2. The molecule has 0 atom stereocenters. The smallest absolute Gasteiger partial charge is 0.248 e. The van der Waals surface area contributed by atoms with Crippen molar-refractivity contribution in [3.05, 3.63) is 58.1 Å². The number of ether oxygens (including phenoxy) is 2. The summed E-state index contributed by atoms with van der Waals surface area (Å²) in [5.41, 5.74) is 7.29. The maximum Gasteiger partial charge on any atom is 0.248 e. The van der Waals surface area contributed by atoms with Gasteiger partial charge in [0.2, 0.25) is 11.8 Å². The highest BCUT2D eigenvalue weighted by molar-refractivity contribution is 6.32. The second-order valence-electron chi connectivity index (χ2n) is 6.09.